The molecule has 138 valence electrons. The van der Waals surface area contributed by atoms with E-state index in [4.69, 9.17) is 4.74 Å². The maximum absolute atomic E-state index is 12.6. The van der Waals surface area contributed by atoms with Crippen molar-refractivity contribution in [3.8, 4) is 11.5 Å². The van der Waals surface area contributed by atoms with Gasteiger partial charge in [0.25, 0.3) is 0 Å². The third kappa shape index (κ3) is 2.08. The Morgan fingerprint density at radius 1 is 1.38 bits per heavy atom. The number of likely N-dealkylation sites (N-methyl/N-ethyl adjacent to an activating group) is 1. The number of phenolic OH excluding ortho intramolecular Hbond substituents is 2. The molecule has 2 N–H and O–H groups in total. The Morgan fingerprint density at radius 3 is 2.77 bits per heavy atom. The molecule has 1 aliphatic heterocycles. The number of likely N-dealkylation sites (tertiary alicyclic amines) is 1. The molecule has 0 spiro atoms. The Bertz CT molecular complexity index is 845. The number of carbonyl (C=O) groups excluding carboxylic acids is 2. The summed E-state index contributed by atoms with van der Waals surface area (Å²) in [6.07, 6.45) is 2.43. The van der Waals surface area contributed by atoms with Gasteiger partial charge >= 0.3 is 0 Å². The number of hydrogen-bond donors (Lipinski definition) is 2. The summed E-state index contributed by atoms with van der Waals surface area (Å²) >= 11 is 0. The topological polar surface area (TPSA) is 87.1 Å². The molecule has 1 unspecified atom stereocenters. The van der Waals surface area contributed by atoms with Crippen LogP contribution in [0.3, 0.4) is 0 Å². The van der Waals surface area contributed by atoms with Gasteiger partial charge in [0, 0.05) is 48.2 Å². The third-order valence-electron chi connectivity index (χ3n) is 6.35. The third-order valence-corrected chi connectivity index (χ3v) is 6.35. The number of ketones is 2. The normalized spacial score (nSPS) is 32.7. The maximum Gasteiger partial charge on any atom is 0.197 e. The van der Waals surface area contributed by atoms with Crippen molar-refractivity contribution in [1.29, 1.82) is 0 Å². The number of benzene rings is 1. The van der Waals surface area contributed by atoms with E-state index in [1.54, 1.807) is 13.0 Å². The fourth-order valence-corrected chi connectivity index (χ4v) is 5.54. The smallest absolute Gasteiger partial charge is 0.197 e. The fourth-order valence-electron chi connectivity index (χ4n) is 5.54. The molecule has 3 aliphatic rings. The lowest BCUT2D eigenvalue weighted by atomic mass is 9.56. The molecule has 2 bridgehead atoms. The first-order chi connectivity index (χ1) is 12.3. The predicted molar refractivity (Wildman–Crippen MR) is 94.1 cm³/mol. The van der Waals surface area contributed by atoms with E-state index in [0.717, 1.165) is 5.56 Å². The summed E-state index contributed by atoms with van der Waals surface area (Å²) in [7, 11) is 3.48. The average Bonchev–Trinajstić information content (AvgIpc) is 2.80. The molecule has 1 aromatic carbocycles. The summed E-state index contributed by atoms with van der Waals surface area (Å²) in [6.45, 7) is 2.15. The average molecular weight is 357 g/mol. The predicted octanol–water partition coefficient (Wildman–Crippen LogP) is 1.85. The lowest BCUT2D eigenvalue weighted by molar-refractivity contribution is -0.121. The number of methoxy groups -OCH3 is 1. The monoisotopic (exact) mass is 357 g/mol. The molecule has 0 aromatic heterocycles. The van der Waals surface area contributed by atoms with E-state index in [2.05, 4.69) is 4.90 Å². The molecule has 6 nitrogen and oxygen atoms in total. The molecule has 2 aliphatic carbocycles. The van der Waals surface area contributed by atoms with Gasteiger partial charge in [0.05, 0.1) is 7.11 Å². The Labute approximate surface area is 152 Å². The van der Waals surface area contributed by atoms with E-state index in [1.807, 2.05) is 13.1 Å². The molecule has 1 aromatic rings. The number of aromatic hydroxyl groups is 2. The first-order valence-corrected chi connectivity index (χ1v) is 8.84. The Balaban J connectivity index is 2.01. The van der Waals surface area contributed by atoms with Gasteiger partial charge in [-0.3, -0.25) is 4.79 Å². The van der Waals surface area contributed by atoms with E-state index >= 15 is 0 Å². The number of carbonyl (C=O) groups is 2. The summed E-state index contributed by atoms with van der Waals surface area (Å²) in [6, 6.07) is 3.30. The van der Waals surface area contributed by atoms with Crippen molar-refractivity contribution < 1.29 is 24.5 Å². The van der Waals surface area contributed by atoms with E-state index in [0.29, 0.717) is 24.3 Å². The summed E-state index contributed by atoms with van der Waals surface area (Å²) in [5.74, 6) is -0.222. The maximum atomic E-state index is 12.6. The van der Waals surface area contributed by atoms with Crippen molar-refractivity contribution in [2.24, 2.45) is 5.92 Å². The SMILES string of the molecule is COC1=CC2[C@@H]3[C@H](CC(C)=O)c4ccc(O)c(O)c4[C@@]2(CC1=O)CN3C. The van der Waals surface area contributed by atoms with Crippen molar-refractivity contribution in [2.75, 3.05) is 20.7 Å². The summed E-state index contributed by atoms with van der Waals surface area (Å²) in [5.41, 5.74) is 0.876. The molecular formula is C20H23NO5. The van der Waals surface area contributed by atoms with Gasteiger partial charge < -0.3 is 24.6 Å². The number of allylic oxidation sites excluding steroid dienone is 1. The van der Waals surface area contributed by atoms with Crippen molar-refractivity contribution in [2.45, 2.75) is 37.1 Å². The zero-order valence-electron chi connectivity index (χ0n) is 15.2. The number of nitrogens with zero attached hydrogens (tertiary/aromatic N) is 1. The van der Waals surface area contributed by atoms with Crippen LogP contribution in [0.5, 0.6) is 11.5 Å². The quantitative estimate of drug-likeness (QED) is 0.803. The summed E-state index contributed by atoms with van der Waals surface area (Å²) < 4.78 is 5.28. The molecule has 0 saturated carbocycles. The molecule has 0 amide bonds. The Kier molecular flexibility index (Phi) is 3.67. The standard InChI is InChI=1S/C20H23NO5/c1-10(22)6-12-11-4-5-14(23)19(25)17(11)20-8-15(24)16(26-3)7-13(20)18(12)21(2)9-20/h4-5,7,12-13,18,23,25H,6,8-9H2,1-3H3/t12-,13?,18+,20+/m1/s1. The number of Topliss-reactive ketones (excluding diaryl/α,β-unsaturated/α-hetero) is 2. The van der Waals surface area contributed by atoms with Crippen LogP contribution in [0.1, 0.15) is 36.8 Å². The highest BCUT2D eigenvalue weighted by atomic mass is 16.5. The van der Waals surface area contributed by atoms with Crippen LogP contribution >= 0.6 is 0 Å². The zero-order valence-corrected chi connectivity index (χ0v) is 15.2. The molecule has 4 atom stereocenters. The van der Waals surface area contributed by atoms with E-state index in [9.17, 15) is 19.8 Å². The van der Waals surface area contributed by atoms with Gasteiger partial charge in [-0.25, -0.2) is 0 Å². The molecule has 1 heterocycles. The minimum atomic E-state index is -0.607. The van der Waals surface area contributed by atoms with Gasteiger partial charge in [-0.15, -0.1) is 0 Å². The highest BCUT2D eigenvalue weighted by Crippen LogP contribution is 2.61. The van der Waals surface area contributed by atoms with Crippen LogP contribution in [0.2, 0.25) is 0 Å². The van der Waals surface area contributed by atoms with Crippen molar-refractivity contribution in [3.63, 3.8) is 0 Å². The second-order valence-corrected chi connectivity index (χ2v) is 7.83. The number of fused-ring (bicyclic) bond motifs is 1. The van der Waals surface area contributed by atoms with Crippen LogP contribution < -0.4 is 0 Å². The molecule has 0 radical (unpaired) electrons. The van der Waals surface area contributed by atoms with Gasteiger partial charge in [0.2, 0.25) is 0 Å². The van der Waals surface area contributed by atoms with Crippen LogP contribution in [0, 0.1) is 5.92 Å². The molecule has 1 saturated heterocycles. The minimum absolute atomic E-state index is 0.0357. The number of ether oxygens (including phenoxy) is 1. The number of phenols is 2. The molecule has 1 fully saturated rings. The molecular weight excluding hydrogens is 334 g/mol. The van der Waals surface area contributed by atoms with E-state index in [-0.39, 0.29) is 47.4 Å². The lowest BCUT2D eigenvalue weighted by Crippen LogP contribution is -2.47. The first-order valence-electron chi connectivity index (χ1n) is 8.84. The zero-order chi connectivity index (χ0) is 18.8. The summed E-state index contributed by atoms with van der Waals surface area (Å²) in [5, 5.41) is 20.9. The Morgan fingerprint density at radius 2 is 2.12 bits per heavy atom. The van der Waals surface area contributed by atoms with Crippen LogP contribution in [0.4, 0.5) is 0 Å². The van der Waals surface area contributed by atoms with E-state index in [1.165, 1.54) is 13.2 Å². The van der Waals surface area contributed by atoms with Gasteiger partial charge in [-0.2, -0.15) is 0 Å². The van der Waals surface area contributed by atoms with Crippen LogP contribution in [-0.4, -0.2) is 53.4 Å². The van der Waals surface area contributed by atoms with Gasteiger partial charge in [-0.1, -0.05) is 6.07 Å². The second-order valence-electron chi connectivity index (χ2n) is 7.83. The van der Waals surface area contributed by atoms with Gasteiger partial charge in [0.15, 0.2) is 23.0 Å². The first kappa shape index (κ1) is 17.1. The largest absolute Gasteiger partial charge is 0.504 e. The highest BCUT2D eigenvalue weighted by molar-refractivity contribution is 5.96. The number of rotatable bonds is 3. The number of hydrogen-bond acceptors (Lipinski definition) is 6. The molecule has 6 heteroatoms. The van der Waals surface area contributed by atoms with Crippen LogP contribution in [0.15, 0.2) is 24.0 Å². The highest BCUT2D eigenvalue weighted by Gasteiger charge is 2.62. The second kappa shape index (κ2) is 5.58. The molecule has 4 rings (SSSR count). The Hall–Kier alpha value is -2.34. The lowest BCUT2D eigenvalue weighted by Gasteiger charge is -2.46. The van der Waals surface area contributed by atoms with E-state index < -0.39 is 5.41 Å². The fraction of sp³-hybridized carbons (Fsp3) is 0.500. The molecule has 26 heavy (non-hydrogen) atoms. The van der Waals surface area contributed by atoms with Crippen LogP contribution in [0.25, 0.3) is 0 Å². The van der Waals surface area contributed by atoms with Gasteiger partial charge in [0.1, 0.15) is 5.78 Å². The van der Waals surface area contributed by atoms with Crippen molar-refractivity contribution in [1.82, 2.24) is 4.90 Å². The van der Waals surface area contributed by atoms with Crippen LogP contribution in [-0.2, 0) is 19.7 Å². The van der Waals surface area contributed by atoms with Gasteiger partial charge in [-0.05, 0) is 31.7 Å². The van der Waals surface area contributed by atoms with Crippen molar-refractivity contribution in [3.05, 3.63) is 35.1 Å². The minimum Gasteiger partial charge on any atom is -0.504 e. The summed E-state index contributed by atoms with van der Waals surface area (Å²) in [4.78, 5) is 26.8. The van der Waals surface area contributed by atoms with Crippen molar-refractivity contribution >= 4 is 11.6 Å².